The van der Waals surface area contributed by atoms with Crippen LogP contribution >= 0.6 is 0 Å². The molecule has 0 aliphatic heterocycles. The largest absolute Gasteiger partial charge is 0.360 e. The van der Waals surface area contributed by atoms with Crippen LogP contribution in [0.5, 0.6) is 0 Å². The van der Waals surface area contributed by atoms with Gasteiger partial charge in [0.25, 0.3) is 11.6 Å². The van der Waals surface area contributed by atoms with Crippen LogP contribution in [0, 0.1) is 15.9 Å². The minimum atomic E-state index is -0.504. The van der Waals surface area contributed by atoms with Crippen molar-refractivity contribution in [1.82, 2.24) is 14.5 Å². The predicted molar refractivity (Wildman–Crippen MR) is 126 cm³/mol. The number of non-ortho nitro benzene ring substituents is 1. The van der Waals surface area contributed by atoms with Crippen LogP contribution < -0.4 is 5.32 Å². The SMILES string of the molecule is O=C(Nc1c(-c2ccc(F)cc2)ncn1Cc1ccccc1)c1c[nH]c2ccc([N+](=O)[O-])cc12. The van der Waals surface area contributed by atoms with Gasteiger partial charge in [-0.25, -0.2) is 9.37 Å². The molecule has 3 aromatic carbocycles. The molecule has 5 aromatic rings. The fraction of sp³-hybridized carbons (Fsp3) is 0.0400. The number of benzene rings is 3. The number of fused-ring (bicyclic) bond motifs is 1. The van der Waals surface area contributed by atoms with Gasteiger partial charge in [0, 0.05) is 34.8 Å². The van der Waals surface area contributed by atoms with Gasteiger partial charge < -0.3 is 14.9 Å². The lowest BCUT2D eigenvalue weighted by atomic mass is 10.1. The highest BCUT2D eigenvalue weighted by molar-refractivity contribution is 6.13. The number of aromatic amines is 1. The van der Waals surface area contributed by atoms with Crippen molar-refractivity contribution in [3.63, 3.8) is 0 Å². The minimum Gasteiger partial charge on any atom is -0.360 e. The summed E-state index contributed by atoms with van der Waals surface area (Å²) in [5, 5.41) is 14.6. The Balaban J connectivity index is 1.55. The molecule has 2 N–H and O–H groups in total. The summed E-state index contributed by atoms with van der Waals surface area (Å²) in [5.41, 5.74) is 2.88. The molecule has 0 fully saturated rings. The summed E-state index contributed by atoms with van der Waals surface area (Å²) in [6, 6.07) is 19.8. The third kappa shape index (κ3) is 4.02. The van der Waals surface area contributed by atoms with Crippen molar-refractivity contribution in [2.45, 2.75) is 6.54 Å². The molecular weight excluding hydrogens is 437 g/mol. The van der Waals surface area contributed by atoms with Gasteiger partial charge in [0.2, 0.25) is 0 Å². The van der Waals surface area contributed by atoms with E-state index in [1.165, 1.54) is 30.5 Å². The summed E-state index contributed by atoms with van der Waals surface area (Å²) in [6.45, 7) is 0.448. The molecule has 0 saturated heterocycles. The van der Waals surface area contributed by atoms with E-state index in [0.29, 0.717) is 34.5 Å². The average Bonchev–Trinajstić information content (AvgIpc) is 3.44. The summed E-state index contributed by atoms with van der Waals surface area (Å²) in [6.07, 6.45) is 3.13. The number of carbonyl (C=O) groups excluding carboxylic acids is 1. The van der Waals surface area contributed by atoms with Gasteiger partial charge in [-0.05, 0) is 35.9 Å². The molecule has 34 heavy (non-hydrogen) atoms. The maximum Gasteiger partial charge on any atom is 0.270 e. The van der Waals surface area contributed by atoms with Crippen molar-refractivity contribution < 1.29 is 14.1 Å². The number of imidazole rings is 1. The molecule has 0 spiro atoms. The number of halogens is 1. The van der Waals surface area contributed by atoms with Crippen LogP contribution in [0.15, 0.2) is 85.3 Å². The van der Waals surface area contributed by atoms with E-state index in [-0.39, 0.29) is 17.1 Å². The molecule has 0 radical (unpaired) electrons. The topological polar surface area (TPSA) is 106 Å². The van der Waals surface area contributed by atoms with E-state index in [1.807, 2.05) is 30.3 Å². The first-order valence-electron chi connectivity index (χ1n) is 10.4. The fourth-order valence-corrected chi connectivity index (χ4v) is 3.82. The van der Waals surface area contributed by atoms with E-state index in [4.69, 9.17) is 0 Å². The zero-order valence-corrected chi connectivity index (χ0v) is 17.7. The summed E-state index contributed by atoms with van der Waals surface area (Å²) in [4.78, 5) is 31.5. The van der Waals surface area contributed by atoms with E-state index in [2.05, 4.69) is 15.3 Å². The summed E-state index contributed by atoms with van der Waals surface area (Å²) >= 11 is 0. The van der Waals surface area contributed by atoms with Crippen molar-refractivity contribution in [3.05, 3.63) is 112 Å². The molecule has 5 rings (SSSR count). The number of hydrogen-bond acceptors (Lipinski definition) is 4. The van der Waals surface area contributed by atoms with Gasteiger partial charge in [0.15, 0.2) is 0 Å². The Kier molecular flexibility index (Phi) is 5.35. The average molecular weight is 455 g/mol. The second-order valence-electron chi connectivity index (χ2n) is 7.71. The molecule has 1 amide bonds. The zero-order valence-electron chi connectivity index (χ0n) is 17.7. The lowest BCUT2D eigenvalue weighted by molar-refractivity contribution is -0.384. The maximum absolute atomic E-state index is 13.5. The molecule has 0 aliphatic carbocycles. The highest BCUT2D eigenvalue weighted by Crippen LogP contribution is 2.30. The van der Waals surface area contributed by atoms with E-state index >= 15 is 0 Å². The first-order chi connectivity index (χ1) is 16.5. The van der Waals surface area contributed by atoms with Gasteiger partial charge in [-0.1, -0.05) is 30.3 Å². The Hall–Kier alpha value is -4.79. The van der Waals surface area contributed by atoms with Crippen LogP contribution in [0.25, 0.3) is 22.2 Å². The van der Waals surface area contributed by atoms with Crippen molar-refractivity contribution in [2.24, 2.45) is 0 Å². The van der Waals surface area contributed by atoms with E-state index < -0.39 is 10.8 Å². The Morgan fingerprint density at radius 3 is 2.59 bits per heavy atom. The number of nitro groups is 1. The minimum absolute atomic E-state index is 0.109. The molecule has 8 nitrogen and oxygen atoms in total. The normalized spacial score (nSPS) is 11.0. The smallest absolute Gasteiger partial charge is 0.270 e. The Labute approximate surface area is 192 Å². The van der Waals surface area contributed by atoms with Crippen LogP contribution in [-0.2, 0) is 6.54 Å². The summed E-state index contributed by atoms with van der Waals surface area (Å²) < 4.78 is 15.3. The van der Waals surface area contributed by atoms with Crippen molar-refractivity contribution in [3.8, 4) is 11.3 Å². The van der Waals surface area contributed by atoms with E-state index in [0.717, 1.165) is 5.56 Å². The number of nitro benzene ring substituents is 1. The zero-order chi connectivity index (χ0) is 23.7. The van der Waals surface area contributed by atoms with Crippen molar-refractivity contribution in [1.29, 1.82) is 0 Å². The molecule has 2 heterocycles. The number of amides is 1. The number of H-pyrrole nitrogens is 1. The monoisotopic (exact) mass is 455 g/mol. The summed E-state index contributed by atoms with van der Waals surface area (Å²) in [7, 11) is 0. The first kappa shape index (κ1) is 21.1. The quantitative estimate of drug-likeness (QED) is 0.265. The molecule has 168 valence electrons. The number of nitrogens with one attached hydrogen (secondary N) is 2. The number of aromatic nitrogens is 3. The van der Waals surface area contributed by atoms with Crippen LogP contribution in [0.3, 0.4) is 0 Å². The highest BCUT2D eigenvalue weighted by atomic mass is 19.1. The Morgan fingerprint density at radius 2 is 1.85 bits per heavy atom. The molecule has 0 saturated carbocycles. The molecule has 0 atom stereocenters. The molecular formula is C25H18FN5O3. The number of nitrogens with zero attached hydrogens (tertiary/aromatic N) is 3. The number of rotatable bonds is 6. The van der Waals surface area contributed by atoms with Crippen LogP contribution in [0.2, 0.25) is 0 Å². The van der Waals surface area contributed by atoms with Crippen molar-refractivity contribution in [2.75, 3.05) is 5.32 Å². The van der Waals surface area contributed by atoms with Gasteiger partial charge in [0.05, 0.1) is 23.4 Å². The van der Waals surface area contributed by atoms with Gasteiger partial charge in [0.1, 0.15) is 17.3 Å². The molecule has 0 bridgehead atoms. The second kappa shape index (κ2) is 8.62. The third-order valence-electron chi connectivity index (χ3n) is 5.50. The predicted octanol–water partition coefficient (Wildman–Crippen LogP) is 5.38. The highest BCUT2D eigenvalue weighted by Gasteiger charge is 2.20. The van der Waals surface area contributed by atoms with E-state index in [9.17, 15) is 19.3 Å². The first-order valence-corrected chi connectivity index (χ1v) is 10.4. The van der Waals surface area contributed by atoms with Gasteiger partial charge in [-0.15, -0.1) is 0 Å². The summed E-state index contributed by atoms with van der Waals surface area (Å²) in [5.74, 6) is -0.399. The van der Waals surface area contributed by atoms with Gasteiger partial charge in [-0.3, -0.25) is 14.9 Å². The Morgan fingerprint density at radius 1 is 1.09 bits per heavy atom. The van der Waals surface area contributed by atoms with Gasteiger partial charge >= 0.3 is 0 Å². The molecule has 0 aliphatic rings. The lowest BCUT2D eigenvalue weighted by Crippen LogP contribution is -2.16. The third-order valence-corrected chi connectivity index (χ3v) is 5.50. The Bertz CT molecular complexity index is 1510. The van der Waals surface area contributed by atoms with Crippen LogP contribution in [0.4, 0.5) is 15.9 Å². The number of hydrogen-bond donors (Lipinski definition) is 2. The van der Waals surface area contributed by atoms with E-state index in [1.54, 1.807) is 29.1 Å². The van der Waals surface area contributed by atoms with Crippen LogP contribution in [-0.4, -0.2) is 25.4 Å². The van der Waals surface area contributed by atoms with Gasteiger partial charge in [-0.2, -0.15) is 0 Å². The van der Waals surface area contributed by atoms with Crippen LogP contribution in [0.1, 0.15) is 15.9 Å². The molecule has 2 aromatic heterocycles. The standard InChI is InChI=1S/C25H18FN5O3/c26-18-8-6-17(7-9-18)23-24(30(15-28-23)14-16-4-2-1-3-5-16)29-25(32)21-13-27-22-11-10-19(31(33)34)12-20(21)22/h1-13,15,27H,14H2,(H,29,32). The molecule has 9 heteroatoms. The lowest BCUT2D eigenvalue weighted by Gasteiger charge is -2.12. The number of anilines is 1. The van der Waals surface area contributed by atoms with Crippen molar-refractivity contribution >= 4 is 28.3 Å². The second-order valence-corrected chi connectivity index (χ2v) is 7.71. The fourth-order valence-electron chi connectivity index (χ4n) is 3.82. The number of carbonyl (C=O) groups is 1. The maximum atomic E-state index is 13.5. The molecule has 0 unspecified atom stereocenters.